The Labute approximate surface area is 137 Å². The molecule has 2 aliphatic heterocycles. The molecule has 132 valence electrons. The van der Waals surface area contributed by atoms with Gasteiger partial charge in [-0.3, -0.25) is 0 Å². The molecule has 2 fully saturated rings. The van der Waals surface area contributed by atoms with Crippen LogP contribution in [0.4, 0.5) is 9.59 Å². The van der Waals surface area contributed by atoms with Crippen LogP contribution in [0.1, 0.15) is 20.8 Å². The van der Waals surface area contributed by atoms with Gasteiger partial charge in [-0.25, -0.2) is 18.0 Å². The summed E-state index contributed by atoms with van der Waals surface area (Å²) < 4.78 is 29.5. The van der Waals surface area contributed by atoms with Crippen LogP contribution in [0.15, 0.2) is 0 Å². The van der Waals surface area contributed by atoms with Gasteiger partial charge in [0.15, 0.2) is 9.84 Å². The second-order valence-electron chi connectivity index (χ2n) is 7.26. The number of piperazine rings is 1. The zero-order chi connectivity index (χ0) is 17.6. The highest BCUT2D eigenvalue weighted by atomic mass is 32.2. The maximum atomic E-state index is 12.4. The van der Waals surface area contributed by atoms with E-state index in [4.69, 9.17) is 4.74 Å². The predicted molar refractivity (Wildman–Crippen MR) is 85.0 cm³/mol. The Balaban J connectivity index is 2.25. The highest BCUT2D eigenvalue weighted by Crippen LogP contribution is 2.28. The lowest BCUT2D eigenvalue weighted by atomic mass is 10.1. The number of fused-ring (bicyclic) bond motifs is 1. The summed E-state index contributed by atoms with van der Waals surface area (Å²) in [5.74, 6) is -0.245. The van der Waals surface area contributed by atoms with Crippen molar-refractivity contribution in [1.29, 1.82) is 0 Å². The lowest BCUT2D eigenvalue weighted by Gasteiger charge is -2.44. The van der Waals surface area contributed by atoms with Gasteiger partial charge in [-0.15, -0.1) is 0 Å². The van der Waals surface area contributed by atoms with Crippen molar-refractivity contribution < 1.29 is 22.7 Å². The van der Waals surface area contributed by atoms with Gasteiger partial charge in [0, 0.05) is 27.2 Å². The van der Waals surface area contributed by atoms with Crippen LogP contribution < -0.4 is 0 Å². The average molecular weight is 347 g/mol. The molecular formula is C14H25N3O5S. The molecule has 2 rings (SSSR count). The monoisotopic (exact) mass is 347 g/mol. The minimum absolute atomic E-state index is 0.115. The van der Waals surface area contributed by atoms with Crippen molar-refractivity contribution in [3.63, 3.8) is 0 Å². The second-order valence-corrected chi connectivity index (χ2v) is 9.41. The van der Waals surface area contributed by atoms with Crippen molar-refractivity contribution in [3.8, 4) is 0 Å². The normalized spacial score (nSPS) is 26.7. The molecule has 0 aromatic carbocycles. The fourth-order valence-corrected chi connectivity index (χ4v) is 4.98. The number of ether oxygens (including phenoxy) is 1. The van der Waals surface area contributed by atoms with Gasteiger partial charge in [-0.05, 0) is 20.8 Å². The van der Waals surface area contributed by atoms with Crippen LogP contribution in [0.2, 0.25) is 0 Å². The zero-order valence-electron chi connectivity index (χ0n) is 14.3. The molecule has 0 aromatic heterocycles. The third kappa shape index (κ3) is 3.88. The third-order valence-electron chi connectivity index (χ3n) is 3.93. The summed E-state index contributed by atoms with van der Waals surface area (Å²) in [6.45, 7) is 5.86. The Morgan fingerprint density at radius 3 is 2.00 bits per heavy atom. The molecular weight excluding hydrogens is 322 g/mol. The van der Waals surface area contributed by atoms with Gasteiger partial charge in [-0.1, -0.05) is 0 Å². The fourth-order valence-electron chi connectivity index (χ4n) is 2.99. The number of hydrogen-bond donors (Lipinski definition) is 0. The summed E-state index contributed by atoms with van der Waals surface area (Å²) in [6.07, 6.45) is -0.526. The van der Waals surface area contributed by atoms with Crippen molar-refractivity contribution in [3.05, 3.63) is 0 Å². The number of rotatable bonds is 0. The highest BCUT2D eigenvalue weighted by Gasteiger charge is 2.50. The minimum Gasteiger partial charge on any atom is -0.444 e. The molecule has 2 heterocycles. The molecule has 2 saturated heterocycles. The Kier molecular flexibility index (Phi) is 4.53. The Morgan fingerprint density at radius 2 is 1.52 bits per heavy atom. The van der Waals surface area contributed by atoms with Gasteiger partial charge in [-0.2, -0.15) is 0 Å². The smallest absolute Gasteiger partial charge is 0.410 e. The Hall–Kier alpha value is -1.51. The molecule has 0 radical (unpaired) electrons. The number of amides is 3. The van der Waals surface area contributed by atoms with E-state index in [0.29, 0.717) is 6.54 Å². The molecule has 0 unspecified atom stereocenters. The number of carbonyl (C=O) groups is 2. The fraction of sp³-hybridized carbons (Fsp3) is 0.857. The van der Waals surface area contributed by atoms with E-state index < -0.39 is 33.6 Å². The van der Waals surface area contributed by atoms with E-state index in [1.165, 1.54) is 9.80 Å². The van der Waals surface area contributed by atoms with Crippen molar-refractivity contribution in [2.75, 3.05) is 38.7 Å². The molecule has 0 bridgehead atoms. The number of hydrogen-bond acceptors (Lipinski definition) is 5. The summed E-state index contributed by atoms with van der Waals surface area (Å²) in [5.41, 5.74) is -0.652. The summed E-state index contributed by atoms with van der Waals surface area (Å²) in [7, 11) is -0.0409. The number of urea groups is 1. The summed E-state index contributed by atoms with van der Waals surface area (Å²) >= 11 is 0. The summed E-state index contributed by atoms with van der Waals surface area (Å²) in [4.78, 5) is 29.1. The predicted octanol–water partition coefficient (Wildman–Crippen LogP) is 0.386. The summed E-state index contributed by atoms with van der Waals surface area (Å²) in [5, 5.41) is 0. The number of nitrogens with zero attached hydrogens (tertiary/aromatic N) is 3. The first-order valence-electron chi connectivity index (χ1n) is 7.59. The van der Waals surface area contributed by atoms with Crippen molar-refractivity contribution in [1.82, 2.24) is 14.7 Å². The van der Waals surface area contributed by atoms with E-state index >= 15 is 0 Å². The first-order chi connectivity index (χ1) is 10.4. The van der Waals surface area contributed by atoms with Crippen LogP contribution in [0.3, 0.4) is 0 Å². The van der Waals surface area contributed by atoms with Crippen LogP contribution in [-0.2, 0) is 14.6 Å². The van der Waals surface area contributed by atoms with E-state index in [1.807, 2.05) is 0 Å². The largest absolute Gasteiger partial charge is 0.444 e. The molecule has 8 nitrogen and oxygen atoms in total. The second kappa shape index (κ2) is 5.85. The van der Waals surface area contributed by atoms with Crippen molar-refractivity contribution in [2.24, 2.45) is 0 Å². The van der Waals surface area contributed by atoms with E-state index in [2.05, 4.69) is 0 Å². The van der Waals surface area contributed by atoms with Gasteiger partial charge >= 0.3 is 12.1 Å². The number of sulfone groups is 1. The quantitative estimate of drug-likeness (QED) is 0.632. The molecule has 9 heteroatoms. The van der Waals surface area contributed by atoms with Gasteiger partial charge in [0.25, 0.3) is 0 Å². The van der Waals surface area contributed by atoms with Crippen LogP contribution in [-0.4, -0.2) is 91.6 Å². The molecule has 2 atom stereocenters. The molecule has 0 aliphatic carbocycles. The Bertz CT molecular complexity index is 596. The van der Waals surface area contributed by atoms with Gasteiger partial charge in [0.1, 0.15) is 5.60 Å². The van der Waals surface area contributed by atoms with Crippen molar-refractivity contribution in [2.45, 2.75) is 38.5 Å². The van der Waals surface area contributed by atoms with Crippen molar-refractivity contribution >= 4 is 22.0 Å². The Morgan fingerprint density at radius 1 is 1.04 bits per heavy atom. The lowest BCUT2D eigenvalue weighted by Crippen LogP contribution is -2.63. The minimum atomic E-state index is -3.29. The molecule has 23 heavy (non-hydrogen) atoms. The van der Waals surface area contributed by atoms with E-state index in [9.17, 15) is 18.0 Å². The van der Waals surface area contributed by atoms with Crippen LogP contribution in [0, 0.1) is 0 Å². The highest BCUT2D eigenvalue weighted by molar-refractivity contribution is 7.91. The van der Waals surface area contributed by atoms with Crippen LogP contribution >= 0.6 is 0 Å². The molecule has 0 spiro atoms. The molecule has 0 N–H and O–H groups in total. The van der Waals surface area contributed by atoms with E-state index in [1.54, 1.807) is 39.8 Å². The first-order valence-corrected chi connectivity index (χ1v) is 9.41. The van der Waals surface area contributed by atoms with Crippen LogP contribution in [0.25, 0.3) is 0 Å². The van der Waals surface area contributed by atoms with Gasteiger partial charge < -0.3 is 19.4 Å². The standard InChI is InChI=1S/C14H25N3O5S/c1-14(2,3)22-13(19)17-7-6-16(12(18)15(4)5)10-8-23(20,21)9-11(10)17/h10-11H,6-9H2,1-5H3/t10-,11+/m1/s1. The van der Waals surface area contributed by atoms with Gasteiger partial charge in [0.05, 0.1) is 23.6 Å². The lowest BCUT2D eigenvalue weighted by molar-refractivity contribution is -0.00403. The average Bonchev–Trinajstić information content (AvgIpc) is 2.68. The third-order valence-corrected chi connectivity index (χ3v) is 5.63. The topological polar surface area (TPSA) is 87.2 Å². The molecule has 2 aliphatic rings. The molecule has 0 aromatic rings. The number of carbonyl (C=O) groups excluding carboxylic acids is 2. The van der Waals surface area contributed by atoms with E-state index in [-0.39, 0.29) is 24.1 Å². The van der Waals surface area contributed by atoms with Gasteiger partial charge in [0.2, 0.25) is 0 Å². The van der Waals surface area contributed by atoms with E-state index in [0.717, 1.165) is 0 Å². The van der Waals surface area contributed by atoms with Crippen LogP contribution in [0.5, 0.6) is 0 Å². The summed E-state index contributed by atoms with van der Waals surface area (Å²) in [6, 6.07) is -1.30. The first kappa shape index (κ1) is 17.8. The molecule has 0 saturated carbocycles. The SMILES string of the molecule is CN(C)C(=O)N1CCN(C(=O)OC(C)(C)C)[C@H]2CS(=O)(=O)C[C@H]21. The zero-order valence-corrected chi connectivity index (χ0v) is 15.1. The maximum Gasteiger partial charge on any atom is 0.410 e. The molecule has 3 amide bonds. The maximum absolute atomic E-state index is 12.4.